The van der Waals surface area contributed by atoms with Crippen molar-refractivity contribution in [1.82, 2.24) is 5.16 Å². The van der Waals surface area contributed by atoms with E-state index in [0.29, 0.717) is 12.2 Å². The van der Waals surface area contributed by atoms with Crippen LogP contribution in [0.1, 0.15) is 11.6 Å². The predicted molar refractivity (Wildman–Crippen MR) is 96.4 cm³/mol. The van der Waals surface area contributed by atoms with Gasteiger partial charge in [0.2, 0.25) is 0 Å². The zero-order valence-corrected chi connectivity index (χ0v) is 13.9. The molecule has 8 heteroatoms. The van der Waals surface area contributed by atoms with Crippen molar-refractivity contribution >= 4 is 22.9 Å². The number of benzene rings is 2. The highest BCUT2D eigenvalue weighted by Crippen LogP contribution is 2.32. The molecule has 1 atom stereocenters. The molecule has 0 bridgehead atoms. The first kappa shape index (κ1) is 19.4. The average molecular weight is 365 g/mol. The van der Waals surface area contributed by atoms with Gasteiger partial charge in [-0.2, -0.15) is 5.26 Å². The van der Waals surface area contributed by atoms with Crippen molar-refractivity contribution in [1.29, 1.82) is 5.26 Å². The monoisotopic (exact) mass is 365 g/mol. The Hall–Kier alpha value is -3.96. The summed E-state index contributed by atoms with van der Waals surface area (Å²) in [4.78, 5) is 19.1. The third-order valence-electron chi connectivity index (χ3n) is 3.44. The number of para-hydroxylation sites is 1. The molecular weight excluding hydrogens is 350 g/mol. The molecule has 136 valence electrons. The maximum absolute atomic E-state index is 9.55. The molecule has 3 aromatic rings. The molecule has 0 fully saturated rings. The maximum Gasteiger partial charge on any atom is 0.328 e. The van der Waals surface area contributed by atoms with Crippen LogP contribution in [0.25, 0.3) is 22.2 Å². The van der Waals surface area contributed by atoms with E-state index < -0.39 is 18.0 Å². The van der Waals surface area contributed by atoms with Gasteiger partial charge in [-0.15, -0.1) is 0 Å². The molecule has 0 aliphatic heterocycles. The van der Waals surface area contributed by atoms with Crippen molar-refractivity contribution < 1.29 is 24.3 Å². The van der Waals surface area contributed by atoms with E-state index in [1.165, 1.54) is 0 Å². The number of carboxylic acid groups (broad SMARTS) is 2. The minimum Gasteiger partial charge on any atom is -0.478 e. The van der Waals surface area contributed by atoms with E-state index in [9.17, 15) is 9.59 Å². The largest absolute Gasteiger partial charge is 0.478 e. The summed E-state index contributed by atoms with van der Waals surface area (Å²) in [7, 11) is 0. The molecule has 3 rings (SSSR count). The van der Waals surface area contributed by atoms with Gasteiger partial charge in [0, 0.05) is 23.1 Å². The van der Waals surface area contributed by atoms with E-state index in [2.05, 4.69) is 11.2 Å². The number of nitrogens with zero attached hydrogens (tertiary/aromatic N) is 2. The van der Waals surface area contributed by atoms with Gasteiger partial charge in [0.1, 0.15) is 11.7 Å². The minimum atomic E-state index is -1.26. The van der Waals surface area contributed by atoms with Crippen LogP contribution in [-0.4, -0.2) is 27.3 Å². The number of aromatic nitrogens is 1. The summed E-state index contributed by atoms with van der Waals surface area (Å²) in [6.07, 6.45) is 1.12. The SMILES string of the molecule is N#CC(N)c1ccccc1-c1noc2ccccc12.O=C(O)/C=C\C(=O)O. The van der Waals surface area contributed by atoms with Gasteiger partial charge < -0.3 is 20.5 Å². The Morgan fingerprint density at radius 2 is 1.67 bits per heavy atom. The molecule has 0 saturated carbocycles. The maximum atomic E-state index is 9.55. The second-order valence-electron chi connectivity index (χ2n) is 5.23. The molecule has 4 N–H and O–H groups in total. The smallest absolute Gasteiger partial charge is 0.328 e. The van der Waals surface area contributed by atoms with E-state index in [1.807, 2.05) is 48.5 Å². The first-order chi connectivity index (χ1) is 12.9. The highest BCUT2D eigenvalue weighted by Gasteiger charge is 2.16. The van der Waals surface area contributed by atoms with Gasteiger partial charge in [-0.25, -0.2) is 9.59 Å². The van der Waals surface area contributed by atoms with Gasteiger partial charge in [-0.3, -0.25) is 0 Å². The molecule has 0 aliphatic carbocycles. The number of hydrogen-bond donors (Lipinski definition) is 3. The molecule has 8 nitrogen and oxygen atoms in total. The summed E-state index contributed by atoms with van der Waals surface area (Å²) >= 11 is 0. The van der Waals surface area contributed by atoms with Crippen molar-refractivity contribution in [3.8, 4) is 17.3 Å². The molecule has 0 radical (unpaired) electrons. The molecule has 1 heterocycles. The van der Waals surface area contributed by atoms with Crippen LogP contribution in [0.5, 0.6) is 0 Å². The number of hydrogen-bond acceptors (Lipinski definition) is 6. The van der Waals surface area contributed by atoms with Crippen LogP contribution in [0, 0.1) is 11.3 Å². The normalized spacial score (nSPS) is 11.4. The Morgan fingerprint density at radius 3 is 2.30 bits per heavy atom. The number of nitriles is 1. The fourth-order valence-electron chi connectivity index (χ4n) is 2.28. The number of carboxylic acids is 2. The molecule has 0 spiro atoms. The van der Waals surface area contributed by atoms with Crippen LogP contribution in [0.3, 0.4) is 0 Å². The highest BCUT2D eigenvalue weighted by molar-refractivity contribution is 5.92. The van der Waals surface area contributed by atoms with Crippen LogP contribution in [-0.2, 0) is 9.59 Å². The van der Waals surface area contributed by atoms with Crippen molar-refractivity contribution in [2.45, 2.75) is 6.04 Å². The van der Waals surface area contributed by atoms with E-state index in [1.54, 1.807) is 0 Å². The van der Waals surface area contributed by atoms with Crippen molar-refractivity contribution in [2.75, 3.05) is 0 Å². The van der Waals surface area contributed by atoms with Gasteiger partial charge in [-0.1, -0.05) is 41.6 Å². The minimum absolute atomic E-state index is 0.558. The number of aliphatic carboxylic acids is 2. The molecule has 2 aromatic carbocycles. The second kappa shape index (κ2) is 8.94. The number of rotatable bonds is 4. The number of nitrogens with two attached hydrogens (primary N) is 1. The summed E-state index contributed by atoms with van der Waals surface area (Å²) in [5, 5.41) is 29.6. The van der Waals surface area contributed by atoms with E-state index in [-0.39, 0.29) is 0 Å². The Balaban J connectivity index is 0.000000279. The molecule has 1 aromatic heterocycles. The summed E-state index contributed by atoms with van der Waals surface area (Å²) < 4.78 is 5.30. The molecule has 0 aliphatic rings. The highest BCUT2D eigenvalue weighted by atomic mass is 16.5. The van der Waals surface area contributed by atoms with E-state index >= 15 is 0 Å². The summed E-state index contributed by atoms with van der Waals surface area (Å²) in [5.74, 6) is -2.51. The topological polar surface area (TPSA) is 150 Å². The fourth-order valence-corrected chi connectivity index (χ4v) is 2.28. The van der Waals surface area contributed by atoms with Crippen LogP contribution in [0.2, 0.25) is 0 Å². The van der Waals surface area contributed by atoms with Crippen LogP contribution < -0.4 is 5.73 Å². The van der Waals surface area contributed by atoms with Crippen LogP contribution in [0.4, 0.5) is 0 Å². The zero-order chi connectivity index (χ0) is 19.8. The molecule has 0 amide bonds. The van der Waals surface area contributed by atoms with Gasteiger partial charge in [0.05, 0.1) is 6.07 Å². The van der Waals surface area contributed by atoms with Crippen LogP contribution >= 0.6 is 0 Å². The number of fused-ring (bicyclic) bond motifs is 1. The lowest BCUT2D eigenvalue weighted by molar-refractivity contribution is -0.134. The molecule has 1 unspecified atom stereocenters. The molecule has 27 heavy (non-hydrogen) atoms. The first-order valence-corrected chi connectivity index (χ1v) is 7.67. The van der Waals surface area contributed by atoms with Gasteiger partial charge in [0.25, 0.3) is 0 Å². The summed E-state index contributed by atoms with van der Waals surface area (Å²) in [5.41, 5.74) is 8.85. The Kier molecular flexibility index (Phi) is 6.41. The quantitative estimate of drug-likeness (QED) is 0.597. The zero-order valence-electron chi connectivity index (χ0n) is 13.9. The Labute approximate surface area is 153 Å². The lowest BCUT2D eigenvalue weighted by Gasteiger charge is -2.08. The van der Waals surface area contributed by atoms with Crippen molar-refractivity contribution in [3.05, 3.63) is 66.2 Å². The third-order valence-corrected chi connectivity index (χ3v) is 3.44. The lowest BCUT2D eigenvalue weighted by Crippen LogP contribution is -2.08. The second-order valence-corrected chi connectivity index (χ2v) is 5.23. The van der Waals surface area contributed by atoms with Gasteiger partial charge in [-0.05, 0) is 17.7 Å². The number of carbonyl (C=O) groups is 2. The summed E-state index contributed by atoms with van der Waals surface area (Å²) in [6, 6.07) is 16.5. The molecule has 0 saturated heterocycles. The van der Waals surface area contributed by atoms with Crippen LogP contribution in [0.15, 0.2) is 65.2 Å². The summed E-state index contributed by atoms with van der Waals surface area (Å²) in [6.45, 7) is 0. The van der Waals surface area contributed by atoms with E-state index in [0.717, 1.165) is 27.8 Å². The van der Waals surface area contributed by atoms with Gasteiger partial charge >= 0.3 is 11.9 Å². The Morgan fingerprint density at radius 1 is 1.07 bits per heavy atom. The fraction of sp³-hybridized carbons (Fsp3) is 0.0526. The predicted octanol–water partition coefficient (Wildman–Crippen LogP) is 2.73. The Bertz CT molecular complexity index is 1020. The van der Waals surface area contributed by atoms with Gasteiger partial charge in [0.15, 0.2) is 5.58 Å². The van der Waals surface area contributed by atoms with Crippen molar-refractivity contribution in [3.63, 3.8) is 0 Å². The van der Waals surface area contributed by atoms with E-state index in [4.69, 9.17) is 25.7 Å². The molecular formula is C19H15N3O5. The standard InChI is InChI=1S/C15H11N3O.C4H4O4/c16-9-13(17)10-5-1-2-6-11(10)15-12-7-3-4-8-14(12)19-18-15;5-3(6)1-2-4(7)8/h1-8,13H,17H2;1-2H,(H,5,6)(H,7,8)/b;2-1-. The average Bonchev–Trinajstić information content (AvgIpc) is 3.10. The first-order valence-electron chi connectivity index (χ1n) is 7.67. The lowest BCUT2D eigenvalue weighted by atomic mass is 9.97. The third kappa shape index (κ3) is 5.01. The van der Waals surface area contributed by atoms with Crippen molar-refractivity contribution in [2.24, 2.45) is 5.73 Å².